The third-order valence-corrected chi connectivity index (χ3v) is 4.05. The van der Waals surface area contributed by atoms with Gasteiger partial charge in [-0.3, -0.25) is 4.79 Å². The van der Waals surface area contributed by atoms with Crippen LogP contribution in [0.2, 0.25) is 0 Å². The molecule has 26 heavy (non-hydrogen) atoms. The molecule has 0 aliphatic carbocycles. The van der Waals surface area contributed by atoms with Gasteiger partial charge in [0, 0.05) is 19.4 Å². The summed E-state index contributed by atoms with van der Waals surface area (Å²) in [6.07, 6.45) is 0.204. The maximum absolute atomic E-state index is 12.5. The van der Waals surface area contributed by atoms with E-state index in [1.165, 1.54) is 25.0 Å². The normalized spacial score (nSPS) is 19.8. The summed E-state index contributed by atoms with van der Waals surface area (Å²) in [5.74, 6) is -2.40. The van der Waals surface area contributed by atoms with Crippen LogP contribution in [0.3, 0.4) is 0 Å². The van der Waals surface area contributed by atoms with Crippen LogP contribution < -0.4 is 9.47 Å². The third kappa shape index (κ3) is 4.55. The molecule has 0 bridgehead atoms. The van der Waals surface area contributed by atoms with Gasteiger partial charge in [0.1, 0.15) is 6.04 Å². The summed E-state index contributed by atoms with van der Waals surface area (Å²) < 4.78 is 63.0. The Bertz CT molecular complexity index is 670. The van der Waals surface area contributed by atoms with Crippen LogP contribution in [0.1, 0.15) is 24.8 Å². The smallest absolute Gasteiger partial charge is 0.387 e. The number of benzene rings is 1. The average molecular weight is 379 g/mol. The Morgan fingerprint density at radius 2 is 1.73 bits per heavy atom. The largest absolute Gasteiger partial charge is 0.467 e. The van der Waals surface area contributed by atoms with E-state index in [0.29, 0.717) is 5.56 Å². The molecular weight excluding hydrogens is 362 g/mol. The number of amides is 1. The van der Waals surface area contributed by atoms with Crippen molar-refractivity contribution in [2.75, 3.05) is 13.7 Å². The number of carbonyl (C=O) groups is 2. The lowest BCUT2D eigenvalue weighted by Gasteiger charge is -2.20. The zero-order valence-corrected chi connectivity index (χ0v) is 14.0. The fourth-order valence-corrected chi connectivity index (χ4v) is 2.94. The van der Waals surface area contributed by atoms with E-state index in [-0.39, 0.29) is 24.8 Å². The average Bonchev–Trinajstić information content (AvgIpc) is 3.00. The second kappa shape index (κ2) is 8.24. The van der Waals surface area contributed by atoms with Gasteiger partial charge in [-0.2, -0.15) is 17.6 Å². The number of rotatable bonds is 6. The maximum Gasteiger partial charge on any atom is 0.387 e. The van der Waals surface area contributed by atoms with E-state index in [2.05, 4.69) is 14.2 Å². The first-order valence-electron chi connectivity index (χ1n) is 7.61. The maximum atomic E-state index is 12.5. The third-order valence-electron chi connectivity index (χ3n) is 4.05. The van der Waals surface area contributed by atoms with E-state index in [1.807, 2.05) is 0 Å². The minimum Gasteiger partial charge on any atom is -0.467 e. The van der Waals surface area contributed by atoms with Gasteiger partial charge in [0.05, 0.1) is 7.11 Å². The molecule has 0 spiro atoms. The van der Waals surface area contributed by atoms with Crippen molar-refractivity contribution in [2.24, 2.45) is 0 Å². The van der Waals surface area contributed by atoms with E-state index in [1.54, 1.807) is 0 Å². The molecule has 1 aromatic carbocycles. The Morgan fingerprint density at radius 3 is 2.27 bits per heavy atom. The van der Waals surface area contributed by atoms with Crippen LogP contribution in [0.4, 0.5) is 17.6 Å². The lowest BCUT2D eigenvalue weighted by atomic mass is 9.96. The van der Waals surface area contributed by atoms with Crippen LogP contribution in [0.5, 0.6) is 11.5 Å². The quantitative estimate of drug-likeness (QED) is 0.562. The summed E-state index contributed by atoms with van der Waals surface area (Å²) in [7, 11) is 1.19. The summed E-state index contributed by atoms with van der Waals surface area (Å²) in [4.78, 5) is 24.9. The van der Waals surface area contributed by atoms with Crippen LogP contribution in [0.15, 0.2) is 18.2 Å². The lowest BCUT2D eigenvalue weighted by Crippen LogP contribution is -2.39. The standard InChI is InChI=1S/C16H17F4NO5/c1-8(22)21-7-10(5-11(21)14(23)24-2)9-3-4-12(25-15(17)18)13(6-9)26-16(19)20/h3-4,6,10-11,15-16H,5,7H2,1-2H3. The van der Waals surface area contributed by atoms with Crippen LogP contribution >= 0.6 is 0 Å². The fourth-order valence-electron chi connectivity index (χ4n) is 2.94. The summed E-state index contributed by atoms with van der Waals surface area (Å²) in [5, 5.41) is 0. The van der Waals surface area contributed by atoms with Gasteiger partial charge in [0.2, 0.25) is 5.91 Å². The molecule has 0 saturated carbocycles. The van der Waals surface area contributed by atoms with Crippen molar-refractivity contribution >= 4 is 11.9 Å². The molecular formula is C16H17F4NO5. The Kier molecular flexibility index (Phi) is 6.27. The summed E-state index contributed by atoms with van der Waals surface area (Å²) in [6, 6.07) is 2.83. The first-order chi connectivity index (χ1) is 12.2. The van der Waals surface area contributed by atoms with E-state index >= 15 is 0 Å². The van der Waals surface area contributed by atoms with Gasteiger partial charge >= 0.3 is 19.2 Å². The first kappa shape index (κ1) is 19.8. The highest BCUT2D eigenvalue weighted by molar-refractivity contribution is 5.84. The number of likely N-dealkylation sites (tertiary alicyclic amines) is 1. The highest BCUT2D eigenvalue weighted by atomic mass is 19.3. The van der Waals surface area contributed by atoms with Crippen LogP contribution in [-0.4, -0.2) is 49.7 Å². The topological polar surface area (TPSA) is 65.1 Å². The molecule has 0 radical (unpaired) electrons. The predicted octanol–water partition coefficient (Wildman–Crippen LogP) is 2.77. The van der Waals surface area contributed by atoms with E-state index < -0.39 is 36.7 Å². The van der Waals surface area contributed by atoms with E-state index in [0.717, 1.165) is 12.1 Å². The molecule has 1 fully saturated rings. The number of methoxy groups -OCH3 is 1. The molecule has 2 unspecified atom stereocenters. The highest BCUT2D eigenvalue weighted by Gasteiger charge is 2.39. The zero-order valence-electron chi connectivity index (χ0n) is 14.0. The van der Waals surface area contributed by atoms with Gasteiger partial charge < -0.3 is 19.1 Å². The number of alkyl halides is 4. The molecule has 2 rings (SSSR count). The SMILES string of the molecule is COC(=O)C1CC(c2ccc(OC(F)F)c(OC(F)F)c2)CN1C(C)=O. The molecule has 1 amide bonds. The number of hydrogen-bond acceptors (Lipinski definition) is 5. The number of carbonyl (C=O) groups excluding carboxylic acids is 2. The summed E-state index contributed by atoms with van der Waals surface area (Å²) in [5.41, 5.74) is 0.444. The number of esters is 1. The molecule has 2 atom stereocenters. The molecule has 1 aliphatic heterocycles. The van der Waals surface area contributed by atoms with Gasteiger partial charge in [-0.25, -0.2) is 4.79 Å². The van der Waals surface area contributed by atoms with Crippen molar-refractivity contribution in [3.05, 3.63) is 23.8 Å². The van der Waals surface area contributed by atoms with Crippen molar-refractivity contribution in [1.82, 2.24) is 4.90 Å². The Hall–Kier alpha value is -2.52. The van der Waals surface area contributed by atoms with E-state index in [9.17, 15) is 27.2 Å². The lowest BCUT2D eigenvalue weighted by molar-refractivity contribution is -0.150. The Labute approximate surface area is 146 Å². The van der Waals surface area contributed by atoms with Crippen LogP contribution in [0.25, 0.3) is 0 Å². The second-order valence-electron chi connectivity index (χ2n) is 5.61. The van der Waals surface area contributed by atoms with Crippen molar-refractivity contribution in [1.29, 1.82) is 0 Å². The molecule has 1 heterocycles. The summed E-state index contributed by atoms with van der Waals surface area (Å²) in [6.45, 7) is -4.99. The van der Waals surface area contributed by atoms with Gasteiger partial charge in [0.15, 0.2) is 11.5 Å². The van der Waals surface area contributed by atoms with Crippen LogP contribution in [-0.2, 0) is 14.3 Å². The number of nitrogens with zero attached hydrogens (tertiary/aromatic N) is 1. The number of halogens is 4. The number of hydrogen-bond donors (Lipinski definition) is 0. The van der Waals surface area contributed by atoms with Gasteiger partial charge in [-0.05, 0) is 24.1 Å². The second-order valence-corrected chi connectivity index (χ2v) is 5.61. The summed E-state index contributed by atoms with van der Waals surface area (Å²) >= 11 is 0. The van der Waals surface area contributed by atoms with E-state index in [4.69, 9.17) is 0 Å². The Balaban J connectivity index is 2.30. The monoisotopic (exact) mass is 379 g/mol. The van der Waals surface area contributed by atoms with Crippen molar-refractivity contribution < 1.29 is 41.4 Å². The number of ether oxygens (including phenoxy) is 3. The molecule has 0 aromatic heterocycles. The minimum absolute atomic E-state index is 0.151. The van der Waals surface area contributed by atoms with Gasteiger partial charge in [-0.15, -0.1) is 0 Å². The fraction of sp³-hybridized carbons (Fsp3) is 0.500. The van der Waals surface area contributed by atoms with Gasteiger partial charge in [0.25, 0.3) is 0 Å². The zero-order chi connectivity index (χ0) is 19.4. The predicted molar refractivity (Wildman–Crippen MR) is 80.3 cm³/mol. The van der Waals surface area contributed by atoms with Crippen molar-refractivity contribution in [3.63, 3.8) is 0 Å². The van der Waals surface area contributed by atoms with Crippen molar-refractivity contribution in [2.45, 2.75) is 38.5 Å². The molecule has 1 saturated heterocycles. The first-order valence-corrected chi connectivity index (χ1v) is 7.61. The highest BCUT2D eigenvalue weighted by Crippen LogP contribution is 2.38. The molecule has 6 nitrogen and oxygen atoms in total. The molecule has 0 N–H and O–H groups in total. The molecule has 10 heteroatoms. The van der Waals surface area contributed by atoms with Crippen LogP contribution in [0, 0.1) is 0 Å². The Morgan fingerprint density at radius 1 is 1.12 bits per heavy atom. The molecule has 1 aromatic rings. The van der Waals surface area contributed by atoms with Crippen molar-refractivity contribution in [3.8, 4) is 11.5 Å². The van der Waals surface area contributed by atoms with Gasteiger partial charge in [-0.1, -0.05) is 6.07 Å². The molecule has 1 aliphatic rings. The molecule has 144 valence electrons. The minimum atomic E-state index is -3.23.